The fraction of sp³-hybridized carbons (Fsp3) is 0.235. The highest BCUT2D eigenvalue weighted by Crippen LogP contribution is 2.36. The fourth-order valence-corrected chi connectivity index (χ4v) is 5.36. The lowest BCUT2D eigenvalue weighted by molar-refractivity contribution is -0.118. The molecule has 0 spiro atoms. The molecule has 3 aromatic rings. The molecule has 0 radical (unpaired) electrons. The number of aromatic nitrogens is 2. The van der Waals surface area contributed by atoms with E-state index >= 15 is 0 Å². The lowest BCUT2D eigenvalue weighted by atomic mass is 10.2. The van der Waals surface area contributed by atoms with Gasteiger partial charge < -0.3 is 0 Å². The van der Waals surface area contributed by atoms with Crippen molar-refractivity contribution in [2.24, 2.45) is 5.84 Å². The van der Waals surface area contributed by atoms with E-state index in [9.17, 15) is 9.59 Å². The third-order valence-corrected chi connectivity index (χ3v) is 6.66. The molecule has 1 aliphatic carbocycles. The summed E-state index contributed by atoms with van der Waals surface area (Å²) in [5, 5.41) is 1.75. The van der Waals surface area contributed by atoms with Crippen molar-refractivity contribution in [3.05, 3.63) is 50.1 Å². The van der Waals surface area contributed by atoms with Crippen LogP contribution in [0.25, 0.3) is 15.9 Å². The van der Waals surface area contributed by atoms with Crippen molar-refractivity contribution in [3.8, 4) is 5.69 Å². The van der Waals surface area contributed by atoms with E-state index < -0.39 is 0 Å². The maximum atomic E-state index is 13.3. The van der Waals surface area contributed by atoms with Crippen molar-refractivity contribution < 1.29 is 4.79 Å². The first kappa shape index (κ1) is 17.5. The number of nitrogens with zero attached hydrogens (tertiary/aromatic N) is 2. The quantitative estimate of drug-likeness (QED) is 0.228. The second-order valence-corrected chi connectivity index (χ2v) is 8.37. The number of nitrogens with one attached hydrogen (secondary N) is 1. The van der Waals surface area contributed by atoms with E-state index in [2.05, 4.69) is 5.43 Å². The molecule has 6 nitrogen and oxygen atoms in total. The Labute approximate surface area is 162 Å². The van der Waals surface area contributed by atoms with Crippen molar-refractivity contribution in [2.75, 3.05) is 5.75 Å². The van der Waals surface area contributed by atoms with Gasteiger partial charge in [0.1, 0.15) is 4.83 Å². The normalized spacial score (nSPS) is 13.2. The molecule has 3 N–H and O–H groups in total. The van der Waals surface area contributed by atoms with Gasteiger partial charge in [-0.25, -0.2) is 10.8 Å². The van der Waals surface area contributed by atoms with Crippen LogP contribution in [-0.2, 0) is 17.6 Å². The summed E-state index contributed by atoms with van der Waals surface area (Å²) in [7, 11) is 0. The number of benzene rings is 1. The molecule has 26 heavy (non-hydrogen) atoms. The predicted molar refractivity (Wildman–Crippen MR) is 105 cm³/mol. The minimum absolute atomic E-state index is 0.0765. The second-order valence-electron chi connectivity index (χ2n) is 5.91. The van der Waals surface area contributed by atoms with E-state index in [0.717, 1.165) is 29.7 Å². The van der Waals surface area contributed by atoms with Gasteiger partial charge in [-0.1, -0.05) is 23.4 Å². The smallest absolute Gasteiger partial charge is 0.267 e. The summed E-state index contributed by atoms with van der Waals surface area (Å²) in [6.45, 7) is 0. The molecule has 4 rings (SSSR count). The Bertz CT molecular complexity index is 1060. The minimum Gasteiger partial charge on any atom is -0.294 e. The largest absolute Gasteiger partial charge is 0.294 e. The molecule has 2 heterocycles. The summed E-state index contributed by atoms with van der Waals surface area (Å²) < 4.78 is 1.55. The highest BCUT2D eigenvalue weighted by molar-refractivity contribution is 7.99. The van der Waals surface area contributed by atoms with Gasteiger partial charge in [0.15, 0.2) is 5.16 Å². The van der Waals surface area contributed by atoms with Crippen LogP contribution in [0.15, 0.2) is 34.2 Å². The number of amides is 1. The lowest BCUT2D eigenvalue weighted by Gasteiger charge is -2.12. The van der Waals surface area contributed by atoms with Crippen LogP contribution in [0.5, 0.6) is 0 Å². The van der Waals surface area contributed by atoms with Crippen molar-refractivity contribution in [2.45, 2.75) is 24.4 Å². The topological polar surface area (TPSA) is 90.0 Å². The highest BCUT2D eigenvalue weighted by Gasteiger charge is 2.24. The SMILES string of the molecule is NNC(=O)CSc1nc2sc3c(c2c(=O)n1-c1ccc(Cl)cc1)CCC3. The summed E-state index contributed by atoms with van der Waals surface area (Å²) >= 11 is 8.74. The van der Waals surface area contributed by atoms with Crippen LogP contribution >= 0.6 is 34.7 Å². The summed E-state index contributed by atoms with van der Waals surface area (Å²) in [6, 6.07) is 7.01. The average molecular weight is 407 g/mol. The first-order chi connectivity index (χ1) is 12.6. The van der Waals surface area contributed by atoms with E-state index in [1.807, 2.05) is 0 Å². The molecule has 134 valence electrons. The van der Waals surface area contributed by atoms with Crippen molar-refractivity contribution in [3.63, 3.8) is 0 Å². The van der Waals surface area contributed by atoms with Gasteiger partial charge >= 0.3 is 0 Å². The molecule has 0 unspecified atom stereocenters. The second kappa shape index (κ2) is 7.03. The number of fused-ring (bicyclic) bond motifs is 3. The van der Waals surface area contributed by atoms with Crippen LogP contribution in [0.1, 0.15) is 16.9 Å². The van der Waals surface area contributed by atoms with Crippen LogP contribution in [0.2, 0.25) is 5.02 Å². The number of hydrogen-bond donors (Lipinski definition) is 2. The molecule has 1 amide bonds. The molecule has 0 saturated carbocycles. The number of thioether (sulfide) groups is 1. The Morgan fingerprint density at radius 3 is 2.85 bits per heavy atom. The van der Waals surface area contributed by atoms with Crippen molar-refractivity contribution >= 4 is 50.8 Å². The zero-order chi connectivity index (χ0) is 18.3. The average Bonchev–Trinajstić information content (AvgIpc) is 3.21. The van der Waals surface area contributed by atoms with Gasteiger partial charge in [0.2, 0.25) is 5.91 Å². The van der Waals surface area contributed by atoms with Gasteiger partial charge in [-0.05, 0) is 49.1 Å². The van der Waals surface area contributed by atoms with Crippen molar-refractivity contribution in [1.82, 2.24) is 15.0 Å². The van der Waals surface area contributed by atoms with E-state index in [-0.39, 0.29) is 17.2 Å². The van der Waals surface area contributed by atoms with Crippen molar-refractivity contribution in [1.29, 1.82) is 0 Å². The number of halogens is 1. The fourth-order valence-electron chi connectivity index (χ4n) is 3.11. The Kier molecular flexibility index (Phi) is 4.74. The molecular weight excluding hydrogens is 392 g/mol. The van der Waals surface area contributed by atoms with Gasteiger partial charge in [0.25, 0.3) is 5.56 Å². The maximum Gasteiger partial charge on any atom is 0.267 e. The summed E-state index contributed by atoms with van der Waals surface area (Å²) in [6.07, 6.45) is 2.98. The number of carbonyl (C=O) groups excluding carboxylic acids is 1. The third-order valence-electron chi connectivity index (χ3n) is 4.29. The van der Waals surface area contributed by atoms with Gasteiger partial charge in [-0.3, -0.25) is 19.6 Å². The Hall–Kier alpha value is -1.87. The molecule has 0 bridgehead atoms. The Morgan fingerprint density at radius 2 is 2.12 bits per heavy atom. The third kappa shape index (κ3) is 3.03. The van der Waals surface area contributed by atoms with Gasteiger partial charge in [-0.2, -0.15) is 0 Å². The molecule has 1 aromatic carbocycles. The van der Waals surface area contributed by atoms with Crippen LogP contribution in [-0.4, -0.2) is 21.2 Å². The zero-order valence-electron chi connectivity index (χ0n) is 13.6. The summed E-state index contributed by atoms with van der Waals surface area (Å²) in [4.78, 5) is 31.6. The lowest BCUT2D eigenvalue weighted by Crippen LogP contribution is -2.32. The van der Waals surface area contributed by atoms with Crippen LogP contribution in [0.4, 0.5) is 0 Å². The van der Waals surface area contributed by atoms with Gasteiger partial charge in [0.05, 0.1) is 16.8 Å². The van der Waals surface area contributed by atoms with E-state index in [0.29, 0.717) is 21.3 Å². The summed E-state index contributed by atoms with van der Waals surface area (Å²) in [5.74, 6) is 4.90. The number of hydrazine groups is 1. The van der Waals surface area contributed by atoms with Crippen LogP contribution in [0, 0.1) is 0 Å². The number of rotatable bonds is 4. The number of thiophene rings is 1. The van der Waals surface area contributed by atoms with E-state index in [1.165, 1.54) is 16.6 Å². The number of hydrogen-bond acceptors (Lipinski definition) is 6. The highest BCUT2D eigenvalue weighted by atomic mass is 35.5. The molecule has 2 aromatic heterocycles. The predicted octanol–water partition coefficient (Wildman–Crippen LogP) is 2.67. The molecule has 0 saturated heterocycles. The molecule has 9 heteroatoms. The first-order valence-electron chi connectivity index (χ1n) is 8.04. The monoisotopic (exact) mass is 406 g/mol. The zero-order valence-corrected chi connectivity index (χ0v) is 16.0. The van der Waals surface area contributed by atoms with E-state index in [1.54, 1.807) is 40.2 Å². The van der Waals surface area contributed by atoms with Gasteiger partial charge in [-0.15, -0.1) is 11.3 Å². The molecule has 0 atom stereocenters. The van der Waals surface area contributed by atoms with Crippen LogP contribution < -0.4 is 16.8 Å². The van der Waals surface area contributed by atoms with Crippen LogP contribution in [0.3, 0.4) is 0 Å². The molecule has 1 aliphatic rings. The number of aryl methyl sites for hydroxylation is 2. The molecule has 0 aliphatic heterocycles. The Morgan fingerprint density at radius 1 is 1.35 bits per heavy atom. The standard InChI is InChI=1S/C17H15ClN4O2S2/c18-9-4-6-10(7-5-9)22-16(24)14-11-2-1-3-12(11)26-15(14)20-17(22)25-8-13(23)21-19/h4-7H,1-3,8,19H2,(H,21,23). The maximum absolute atomic E-state index is 13.3. The number of nitrogens with two attached hydrogens (primary N) is 1. The van der Waals surface area contributed by atoms with Gasteiger partial charge in [0, 0.05) is 9.90 Å². The molecule has 0 fully saturated rings. The first-order valence-corrected chi connectivity index (χ1v) is 10.2. The molecular formula is C17H15ClN4O2S2. The Balaban J connectivity index is 1.92. The number of carbonyl (C=O) groups is 1. The van der Waals surface area contributed by atoms with E-state index in [4.69, 9.17) is 22.4 Å². The minimum atomic E-state index is -0.333. The summed E-state index contributed by atoms with van der Waals surface area (Å²) in [5.41, 5.74) is 3.79.